The highest BCUT2D eigenvalue weighted by Gasteiger charge is 2.19. The molecule has 0 spiro atoms. The largest absolute Gasteiger partial charge is 0.378 e. The van der Waals surface area contributed by atoms with Crippen molar-refractivity contribution in [3.05, 3.63) is 65.2 Å². The normalized spacial score (nSPS) is 16.1. The first-order chi connectivity index (χ1) is 10.6. The first-order valence-corrected chi connectivity index (χ1v) is 8.27. The lowest BCUT2D eigenvalue weighted by Gasteiger charge is -2.30. The third-order valence-electron chi connectivity index (χ3n) is 4.40. The monoisotopic (exact) mass is 314 g/mol. The summed E-state index contributed by atoms with van der Waals surface area (Å²) in [6, 6.07) is 17.3. The summed E-state index contributed by atoms with van der Waals surface area (Å²) < 4.78 is 0. The molecule has 1 atom stereocenters. The van der Waals surface area contributed by atoms with E-state index in [2.05, 4.69) is 72.4 Å². The van der Waals surface area contributed by atoms with Crippen molar-refractivity contribution in [1.29, 1.82) is 0 Å². The summed E-state index contributed by atoms with van der Waals surface area (Å²) in [5.41, 5.74) is 5.34. The minimum Gasteiger partial charge on any atom is -0.378 e. The van der Waals surface area contributed by atoms with Gasteiger partial charge in [0.25, 0.3) is 0 Å². The smallest absolute Gasteiger partial charge is 0.0712 e. The van der Waals surface area contributed by atoms with Gasteiger partial charge in [0, 0.05) is 39.4 Å². The molecule has 0 bridgehead atoms. The van der Waals surface area contributed by atoms with E-state index in [1.165, 1.54) is 22.4 Å². The Morgan fingerprint density at radius 2 is 1.73 bits per heavy atom. The van der Waals surface area contributed by atoms with Gasteiger partial charge in [-0.2, -0.15) is 0 Å². The highest BCUT2D eigenvalue weighted by atomic mass is 35.5. The van der Waals surface area contributed by atoms with Crippen LogP contribution in [0.3, 0.4) is 0 Å². The highest BCUT2D eigenvalue weighted by molar-refractivity contribution is 6.21. The van der Waals surface area contributed by atoms with Crippen LogP contribution >= 0.6 is 11.6 Å². The quantitative estimate of drug-likeness (QED) is 0.784. The van der Waals surface area contributed by atoms with Crippen molar-refractivity contribution in [3.63, 3.8) is 0 Å². The Labute approximate surface area is 138 Å². The summed E-state index contributed by atoms with van der Waals surface area (Å²) in [5.74, 6) is 0. The lowest BCUT2D eigenvalue weighted by Crippen LogP contribution is -2.32. The molecule has 3 heteroatoms. The van der Waals surface area contributed by atoms with Gasteiger partial charge in [0.05, 0.1) is 5.38 Å². The molecule has 0 aliphatic carbocycles. The Morgan fingerprint density at radius 1 is 1.05 bits per heavy atom. The van der Waals surface area contributed by atoms with Gasteiger partial charge in [0.2, 0.25) is 0 Å². The van der Waals surface area contributed by atoms with Crippen molar-refractivity contribution in [2.24, 2.45) is 0 Å². The minimum atomic E-state index is 0.0430. The van der Waals surface area contributed by atoms with Crippen molar-refractivity contribution in [2.45, 2.75) is 18.3 Å². The standard InChI is InChI=1S/C19H23ClN2/c1-21(2)18-9-7-16(8-10-18)19(20)14-22-12-11-15-5-3-4-6-17(15)13-22/h3-10,19H,11-14H2,1-2H3. The van der Waals surface area contributed by atoms with Gasteiger partial charge in [-0.05, 0) is 35.2 Å². The number of halogens is 1. The van der Waals surface area contributed by atoms with Gasteiger partial charge >= 0.3 is 0 Å². The molecule has 1 aliphatic heterocycles. The number of anilines is 1. The average molecular weight is 315 g/mol. The molecule has 2 aromatic rings. The summed E-state index contributed by atoms with van der Waals surface area (Å²) in [6.07, 6.45) is 1.12. The van der Waals surface area contributed by atoms with Crippen molar-refractivity contribution >= 4 is 17.3 Å². The van der Waals surface area contributed by atoms with Crippen LogP contribution in [0.25, 0.3) is 0 Å². The van der Waals surface area contributed by atoms with Gasteiger partial charge < -0.3 is 4.90 Å². The molecule has 1 unspecified atom stereocenters. The van der Waals surface area contributed by atoms with Crippen LogP contribution in [0.4, 0.5) is 5.69 Å². The Hall–Kier alpha value is -1.51. The second-order valence-electron chi connectivity index (χ2n) is 6.21. The molecule has 2 aromatic carbocycles. The molecule has 0 saturated heterocycles. The first kappa shape index (κ1) is 15.4. The van der Waals surface area contributed by atoms with E-state index in [1.54, 1.807) is 0 Å². The van der Waals surface area contributed by atoms with E-state index in [4.69, 9.17) is 11.6 Å². The topological polar surface area (TPSA) is 6.48 Å². The van der Waals surface area contributed by atoms with E-state index in [1.807, 2.05) is 0 Å². The van der Waals surface area contributed by atoms with Crippen LogP contribution in [0.5, 0.6) is 0 Å². The molecule has 0 saturated carbocycles. The van der Waals surface area contributed by atoms with Crippen molar-refractivity contribution in [2.75, 3.05) is 32.1 Å². The fourth-order valence-corrected chi connectivity index (χ4v) is 3.36. The number of hydrogen-bond acceptors (Lipinski definition) is 2. The van der Waals surface area contributed by atoms with Crippen molar-refractivity contribution in [1.82, 2.24) is 4.90 Å². The van der Waals surface area contributed by atoms with Gasteiger partial charge in [0.15, 0.2) is 0 Å². The van der Waals surface area contributed by atoms with Gasteiger partial charge in [-0.1, -0.05) is 36.4 Å². The van der Waals surface area contributed by atoms with E-state index in [9.17, 15) is 0 Å². The maximum absolute atomic E-state index is 6.64. The van der Waals surface area contributed by atoms with Crippen LogP contribution in [0.1, 0.15) is 22.1 Å². The molecule has 116 valence electrons. The third-order valence-corrected chi connectivity index (χ3v) is 4.79. The SMILES string of the molecule is CN(C)c1ccc(C(Cl)CN2CCc3ccccc3C2)cc1. The molecule has 1 aliphatic rings. The van der Waals surface area contributed by atoms with Gasteiger partial charge in [-0.3, -0.25) is 4.90 Å². The minimum absolute atomic E-state index is 0.0430. The Bertz CT molecular complexity index is 622. The fourth-order valence-electron chi connectivity index (χ4n) is 3.02. The summed E-state index contributed by atoms with van der Waals surface area (Å²) >= 11 is 6.64. The van der Waals surface area contributed by atoms with Gasteiger partial charge in [-0.25, -0.2) is 0 Å². The highest BCUT2D eigenvalue weighted by Crippen LogP contribution is 2.26. The van der Waals surface area contributed by atoms with E-state index < -0.39 is 0 Å². The van der Waals surface area contributed by atoms with E-state index in [0.29, 0.717) is 0 Å². The number of hydrogen-bond donors (Lipinski definition) is 0. The fraction of sp³-hybridized carbons (Fsp3) is 0.368. The van der Waals surface area contributed by atoms with Crippen LogP contribution in [0, 0.1) is 0 Å². The molecule has 0 radical (unpaired) electrons. The van der Waals surface area contributed by atoms with E-state index in [-0.39, 0.29) is 5.38 Å². The van der Waals surface area contributed by atoms with Crippen LogP contribution in [0.15, 0.2) is 48.5 Å². The number of rotatable bonds is 4. The van der Waals surface area contributed by atoms with Crippen LogP contribution in [-0.2, 0) is 13.0 Å². The second-order valence-corrected chi connectivity index (χ2v) is 6.73. The van der Waals surface area contributed by atoms with Gasteiger partial charge in [0.1, 0.15) is 0 Å². The maximum Gasteiger partial charge on any atom is 0.0712 e. The molecule has 0 fully saturated rings. The number of fused-ring (bicyclic) bond motifs is 1. The van der Waals surface area contributed by atoms with E-state index in [0.717, 1.165) is 26.1 Å². The molecule has 2 nitrogen and oxygen atoms in total. The lowest BCUT2D eigenvalue weighted by atomic mass is 9.99. The second kappa shape index (κ2) is 6.72. The van der Waals surface area contributed by atoms with Crippen LogP contribution in [0.2, 0.25) is 0 Å². The molecular weight excluding hydrogens is 292 g/mol. The maximum atomic E-state index is 6.64. The van der Waals surface area contributed by atoms with Crippen molar-refractivity contribution < 1.29 is 0 Å². The molecule has 0 amide bonds. The molecular formula is C19H23ClN2. The van der Waals surface area contributed by atoms with Crippen LogP contribution in [-0.4, -0.2) is 32.1 Å². The Balaban J connectivity index is 1.64. The molecule has 0 aromatic heterocycles. The molecule has 22 heavy (non-hydrogen) atoms. The molecule has 3 rings (SSSR count). The van der Waals surface area contributed by atoms with Crippen LogP contribution < -0.4 is 4.90 Å². The average Bonchev–Trinajstić information content (AvgIpc) is 2.55. The molecule has 0 N–H and O–H groups in total. The number of alkyl halides is 1. The van der Waals surface area contributed by atoms with E-state index >= 15 is 0 Å². The third kappa shape index (κ3) is 3.45. The Kier molecular flexibility index (Phi) is 4.70. The summed E-state index contributed by atoms with van der Waals surface area (Å²) in [6.45, 7) is 3.00. The summed E-state index contributed by atoms with van der Waals surface area (Å²) in [5, 5.41) is 0.0430. The van der Waals surface area contributed by atoms with Crippen molar-refractivity contribution in [3.8, 4) is 0 Å². The number of nitrogens with zero attached hydrogens (tertiary/aromatic N) is 2. The first-order valence-electron chi connectivity index (χ1n) is 7.84. The summed E-state index contributed by atoms with van der Waals surface area (Å²) in [7, 11) is 4.11. The zero-order chi connectivity index (χ0) is 15.5. The summed E-state index contributed by atoms with van der Waals surface area (Å²) in [4.78, 5) is 4.56. The lowest BCUT2D eigenvalue weighted by molar-refractivity contribution is 0.254. The molecule has 1 heterocycles. The number of benzene rings is 2. The predicted molar refractivity (Wildman–Crippen MR) is 94.8 cm³/mol. The Morgan fingerprint density at radius 3 is 2.41 bits per heavy atom. The predicted octanol–water partition coefficient (Wildman–Crippen LogP) is 4.09. The van der Waals surface area contributed by atoms with Gasteiger partial charge in [-0.15, -0.1) is 11.6 Å². The zero-order valence-corrected chi connectivity index (χ0v) is 14.1. The zero-order valence-electron chi connectivity index (χ0n) is 13.3.